The van der Waals surface area contributed by atoms with Gasteiger partial charge >= 0.3 is 0 Å². The zero-order chi connectivity index (χ0) is 5.40. The van der Waals surface area contributed by atoms with Crippen molar-refractivity contribution in [1.82, 2.24) is 0 Å². The molecule has 2 heterocycles. The topological polar surface area (TPSA) is 9.23 Å². The fraction of sp³-hybridized carbons (Fsp3) is 0.667. The first-order valence-corrected chi connectivity index (χ1v) is 4.02. The molecule has 44 valence electrons. The highest BCUT2D eigenvalue weighted by atomic mass is 32.2. The third-order valence-electron chi connectivity index (χ3n) is 1.65. The second-order valence-corrected chi connectivity index (χ2v) is 3.28. The van der Waals surface area contributed by atoms with E-state index in [1.54, 1.807) is 0 Å². The summed E-state index contributed by atoms with van der Waals surface area (Å²) in [6, 6.07) is 0. The van der Waals surface area contributed by atoms with E-state index in [2.05, 4.69) is 6.08 Å². The van der Waals surface area contributed by atoms with Gasteiger partial charge in [-0.3, -0.25) is 0 Å². The Morgan fingerprint density at radius 1 is 1.50 bits per heavy atom. The van der Waals surface area contributed by atoms with Crippen LogP contribution in [-0.2, 0) is 4.74 Å². The fourth-order valence-corrected chi connectivity index (χ4v) is 2.41. The minimum absolute atomic E-state index is 0.528. The smallest absolute Gasteiger partial charge is 0.114 e. The van der Waals surface area contributed by atoms with Gasteiger partial charge in [0.05, 0.1) is 6.26 Å². The second-order valence-electron chi connectivity index (χ2n) is 2.20. The molecule has 8 heavy (non-hydrogen) atoms. The van der Waals surface area contributed by atoms with E-state index in [0.29, 0.717) is 6.10 Å². The average Bonchev–Trinajstić information content (AvgIpc) is 2.15. The van der Waals surface area contributed by atoms with Crippen LogP contribution in [0.5, 0.6) is 0 Å². The van der Waals surface area contributed by atoms with Crippen molar-refractivity contribution >= 4 is 11.8 Å². The van der Waals surface area contributed by atoms with Crippen molar-refractivity contribution in [3.8, 4) is 0 Å². The van der Waals surface area contributed by atoms with Crippen LogP contribution in [0.25, 0.3) is 0 Å². The predicted molar refractivity (Wildman–Crippen MR) is 34.8 cm³/mol. The molecule has 0 amide bonds. The third-order valence-corrected chi connectivity index (χ3v) is 2.83. The van der Waals surface area contributed by atoms with E-state index in [0.717, 1.165) is 5.92 Å². The Kier molecular flexibility index (Phi) is 1.00. The summed E-state index contributed by atoms with van der Waals surface area (Å²) in [5.74, 6) is 3.19. The Balaban J connectivity index is 2.13. The number of ether oxygens (including phenoxy) is 1. The maximum atomic E-state index is 5.28. The van der Waals surface area contributed by atoms with Crippen molar-refractivity contribution in [2.24, 2.45) is 5.92 Å². The van der Waals surface area contributed by atoms with E-state index < -0.39 is 0 Å². The zero-order valence-corrected chi connectivity index (χ0v) is 5.36. The van der Waals surface area contributed by atoms with E-state index in [-0.39, 0.29) is 0 Å². The monoisotopic (exact) mass is 128 g/mol. The summed E-state index contributed by atoms with van der Waals surface area (Å²) in [5.41, 5.74) is 0. The van der Waals surface area contributed by atoms with E-state index in [9.17, 15) is 0 Å². The van der Waals surface area contributed by atoms with E-state index >= 15 is 0 Å². The standard InChI is InChI=1S/C6H8OS/c1-2-7-6-4-8-3-5(1)6/h1-2,5-6H,3-4H2. The molecule has 2 rings (SSSR count). The van der Waals surface area contributed by atoms with Gasteiger partial charge in [0.15, 0.2) is 0 Å². The van der Waals surface area contributed by atoms with Crippen molar-refractivity contribution in [2.45, 2.75) is 6.10 Å². The first kappa shape index (κ1) is 4.74. The van der Waals surface area contributed by atoms with Gasteiger partial charge in [-0.05, 0) is 6.08 Å². The van der Waals surface area contributed by atoms with Gasteiger partial charge in [-0.2, -0.15) is 11.8 Å². The molecule has 2 aliphatic rings. The number of hydrogen-bond donors (Lipinski definition) is 0. The van der Waals surface area contributed by atoms with Crippen LogP contribution in [0.3, 0.4) is 0 Å². The van der Waals surface area contributed by atoms with Gasteiger partial charge in [0.25, 0.3) is 0 Å². The molecular weight excluding hydrogens is 120 g/mol. The van der Waals surface area contributed by atoms with Crippen LogP contribution < -0.4 is 0 Å². The molecule has 0 N–H and O–H groups in total. The molecule has 0 radical (unpaired) electrons. The fourth-order valence-electron chi connectivity index (χ4n) is 1.12. The Morgan fingerprint density at radius 3 is 3.38 bits per heavy atom. The third kappa shape index (κ3) is 0.558. The van der Waals surface area contributed by atoms with Crippen molar-refractivity contribution in [2.75, 3.05) is 11.5 Å². The summed E-state index contributed by atoms with van der Waals surface area (Å²) in [6.45, 7) is 0. The number of thioether (sulfide) groups is 1. The Morgan fingerprint density at radius 2 is 2.50 bits per heavy atom. The second kappa shape index (κ2) is 1.69. The summed E-state index contributed by atoms with van der Waals surface area (Å²) in [4.78, 5) is 0. The minimum Gasteiger partial charge on any atom is -0.497 e. The molecule has 0 bridgehead atoms. The minimum atomic E-state index is 0.528. The van der Waals surface area contributed by atoms with Crippen molar-refractivity contribution in [1.29, 1.82) is 0 Å². The highest BCUT2D eigenvalue weighted by Crippen LogP contribution is 2.31. The molecule has 1 saturated heterocycles. The van der Waals surface area contributed by atoms with Gasteiger partial charge < -0.3 is 4.74 Å². The summed E-state index contributed by atoms with van der Waals surface area (Å²) >= 11 is 1.99. The molecule has 0 saturated carbocycles. The molecule has 0 aromatic heterocycles. The normalized spacial score (nSPS) is 42.0. The highest BCUT2D eigenvalue weighted by molar-refractivity contribution is 7.99. The summed E-state index contributed by atoms with van der Waals surface area (Å²) in [5, 5.41) is 0. The van der Waals surface area contributed by atoms with Crippen LogP contribution in [-0.4, -0.2) is 17.6 Å². The van der Waals surface area contributed by atoms with Gasteiger partial charge in [-0.1, -0.05) is 0 Å². The molecule has 0 spiro atoms. The molecule has 2 aliphatic heterocycles. The van der Waals surface area contributed by atoms with Gasteiger partial charge in [0.2, 0.25) is 0 Å². The van der Waals surface area contributed by atoms with Gasteiger partial charge in [-0.15, -0.1) is 0 Å². The SMILES string of the molecule is C1=CC2CSCC2O1. The van der Waals surface area contributed by atoms with E-state index in [4.69, 9.17) is 4.74 Å². The molecular formula is C6H8OS. The number of fused-ring (bicyclic) bond motifs is 1. The maximum Gasteiger partial charge on any atom is 0.114 e. The van der Waals surface area contributed by atoms with Crippen LogP contribution in [0.15, 0.2) is 12.3 Å². The predicted octanol–water partition coefficient (Wildman–Crippen LogP) is 1.26. The lowest BCUT2D eigenvalue weighted by Gasteiger charge is -2.04. The largest absolute Gasteiger partial charge is 0.497 e. The zero-order valence-electron chi connectivity index (χ0n) is 4.54. The van der Waals surface area contributed by atoms with Gasteiger partial charge in [0, 0.05) is 17.4 Å². The lowest BCUT2D eigenvalue weighted by Crippen LogP contribution is -2.12. The molecule has 2 heteroatoms. The van der Waals surface area contributed by atoms with Crippen molar-refractivity contribution < 1.29 is 4.74 Å². The lowest BCUT2D eigenvalue weighted by molar-refractivity contribution is 0.170. The highest BCUT2D eigenvalue weighted by Gasteiger charge is 2.29. The van der Waals surface area contributed by atoms with Gasteiger partial charge in [-0.25, -0.2) is 0 Å². The molecule has 1 nitrogen and oxygen atoms in total. The summed E-state index contributed by atoms with van der Waals surface area (Å²) < 4.78 is 5.28. The molecule has 1 fully saturated rings. The van der Waals surface area contributed by atoms with Crippen LogP contribution in [0.2, 0.25) is 0 Å². The van der Waals surface area contributed by atoms with E-state index in [1.807, 2.05) is 18.0 Å². The Bertz CT molecular complexity index is 122. The number of rotatable bonds is 0. The lowest BCUT2D eigenvalue weighted by atomic mass is 10.1. The summed E-state index contributed by atoms with van der Waals surface area (Å²) in [6.07, 6.45) is 4.54. The van der Waals surface area contributed by atoms with Crippen molar-refractivity contribution in [3.05, 3.63) is 12.3 Å². The van der Waals surface area contributed by atoms with E-state index in [1.165, 1.54) is 11.5 Å². The molecule has 0 aromatic rings. The first-order chi connectivity index (χ1) is 3.97. The maximum absolute atomic E-state index is 5.28. The van der Waals surface area contributed by atoms with Crippen LogP contribution in [0.4, 0.5) is 0 Å². The number of hydrogen-bond acceptors (Lipinski definition) is 2. The Labute approximate surface area is 53.1 Å². The van der Waals surface area contributed by atoms with Crippen LogP contribution >= 0.6 is 11.8 Å². The Hall–Kier alpha value is -0.110. The first-order valence-electron chi connectivity index (χ1n) is 2.87. The van der Waals surface area contributed by atoms with Crippen LogP contribution in [0, 0.1) is 5.92 Å². The molecule has 2 atom stereocenters. The molecule has 2 unspecified atom stereocenters. The quantitative estimate of drug-likeness (QED) is 0.485. The van der Waals surface area contributed by atoms with Gasteiger partial charge in [0.1, 0.15) is 6.10 Å². The molecule has 0 aliphatic carbocycles. The van der Waals surface area contributed by atoms with Crippen LogP contribution in [0.1, 0.15) is 0 Å². The molecule has 0 aromatic carbocycles. The average molecular weight is 128 g/mol. The summed E-state index contributed by atoms with van der Waals surface area (Å²) in [7, 11) is 0. The van der Waals surface area contributed by atoms with Crippen molar-refractivity contribution in [3.63, 3.8) is 0 Å².